The van der Waals surface area contributed by atoms with Crippen LogP contribution in [0.2, 0.25) is 0 Å². The minimum absolute atomic E-state index is 0.179. The molecule has 0 aromatic heterocycles. The second kappa shape index (κ2) is 8.52. The van der Waals surface area contributed by atoms with Crippen LogP contribution in [-0.2, 0) is 9.59 Å². The number of nitrogens with one attached hydrogen (secondary N) is 2. The summed E-state index contributed by atoms with van der Waals surface area (Å²) in [6, 6.07) is 13.3. The lowest BCUT2D eigenvalue weighted by Crippen LogP contribution is -2.13. The van der Waals surface area contributed by atoms with Gasteiger partial charge in [0.05, 0.1) is 0 Å². The van der Waals surface area contributed by atoms with E-state index < -0.39 is 5.97 Å². The van der Waals surface area contributed by atoms with E-state index in [1.165, 1.54) is 13.0 Å². The Morgan fingerprint density at radius 1 is 0.964 bits per heavy atom. The molecular formula is C22H22N2O4. The molecule has 3 rings (SSSR count). The summed E-state index contributed by atoms with van der Waals surface area (Å²) in [5, 5.41) is 5.59. The maximum atomic E-state index is 12.5. The molecule has 1 aliphatic rings. The number of benzene rings is 2. The number of carbonyl (C=O) groups is 3. The molecule has 6 nitrogen and oxygen atoms in total. The fraction of sp³-hybridized carbons (Fsp3) is 0.227. The molecule has 6 heteroatoms. The molecule has 2 N–H and O–H groups in total. The monoisotopic (exact) mass is 378 g/mol. The van der Waals surface area contributed by atoms with Crippen molar-refractivity contribution in [2.24, 2.45) is 5.92 Å². The molecule has 0 bridgehead atoms. The molecule has 2 amide bonds. The second-order valence-electron chi connectivity index (χ2n) is 6.81. The maximum absolute atomic E-state index is 12.5. The minimum atomic E-state index is -0.452. The number of amides is 2. The molecule has 0 radical (unpaired) electrons. The first-order valence-corrected chi connectivity index (χ1v) is 9.10. The van der Waals surface area contributed by atoms with E-state index in [4.69, 9.17) is 4.74 Å². The van der Waals surface area contributed by atoms with Gasteiger partial charge in [-0.1, -0.05) is 17.7 Å². The highest BCUT2D eigenvalue weighted by molar-refractivity contribution is 6.05. The topological polar surface area (TPSA) is 84.5 Å². The molecule has 28 heavy (non-hydrogen) atoms. The van der Waals surface area contributed by atoms with Gasteiger partial charge in [-0.25, -0.2) is 0 Å². The Labute approximate surface area is 163 Å². The van der Waals surface area contributed by atoms with E-state index in [0.29, 0.717) is 28.6 Å². The third-order valence-electron chi connectivity index (χ3n) is 4.33. The Hall–Kier alpha value is -3.41. The van der Waals surface area contributed by atoms with Crippen LogP contribution in [0.5, 0.6) is 5.75 Å². The highest BCUT2D eigenvalue weighted by Crippen LogP contribution is 2.35. The van der Waals surface area contributed by atoms with E-state index in [-0.39, 0.29) is 11.8 Å². The van der Waals surface area contributed by atoms with Gasteiger partial charge in [0.1, 0.15) is 5.75 Å². The number of rotatable bonds is 6. The van der Waals surface area contributed by atoms with Gasteiger partial charge in [0.2, 0.25) is 5.91 Å². The van der Waals surface area contributed by atoms with Crippen molar-refractivity contribution in [1.29, 1.82) is 0 Å². The number of hydrogen-bond acceptors (Lipinski definition) is 4. The number of carbonyl (C=O) groups excluding carboxylic acids is 3. The average molecular weight is 378 g/mol. The van der Waals surface area contributed by atoms with Crippen molar-refractivity contribution in [3.63, 3.8) is 0 Å². The van der Waals surface area contributed by atoms with E-state index >= 15 is 0 Å². The number of hydrogen-bond donors (Lipinski definition) is 2. The van der Waals surface area contributed by atoms with E-state index in [1.807, 2.05) is 6.92 Å². The molecule has 1 fully saturated rings. The normalized spacial score (nSPS) is 13.6. The predicted molar refractivity (Wildman–Crippen MR) is 107 cm³/mol. The molecule has 0 aliphatic heterocycles. The molecule has 0 spiro atoms. The lowest BCUT2D eigenvalue weighted by molar-refractivity contribution is -0.131. The van der Waals surface area contributed by atoms with Gasteiger partial charge in [0, 0.05) is 29.9 Å². The van der Waals surface area contributed by atoms with Crippen molar-refractivity contribution in [2.45, 2.75) is 26.7 Å². The molecule has 2 aromatic rings. The van der Waals surface area contributed by atoms with Crippen molar-refractivity contribution in [3.8, 4) is 5.75 Å². The van der Waals surface area contributed by atoms with Gasteiger partial charge >= 0.3 is 5.97 Å². The summed E-state index contributed by atoms with van der Waals surface area (Å²) in [6.45, 7) is 3.27. The van der Waals surface area contributed by atoms with Crippen LogP contribution in [0.15, 0.2) is 60.2 Å². The molecule has 1 saturated carbocycles. The smallest absolute Gasteiger partial charge is 0.308 e. The lowest BCUT2D eigenvalue weighted by Gasteiger charge is -2.09. The largest absolute Gasteiger partial charge is 0.427 e. The number of allylic oxidation sites excluding steroid dienone is 1. The van der Waals surface area contributed by atoms with Crippen LogP contribution in [0.3, 0.4) is 0 Å². The van der Waals surface area contributed by atoms with Gasteiger partial charge in [-0.3, -0.25) is 14.4 Å². The van der Waals surface area contributed by atoms with E-state index in [0.717, 1.165) is 18.4 Å². The van der Waals surface area contributed by atoms with Crippen molar-refractivity contribution >= 4 is 29.2 Å². The average Bonchev–Trinajstić information content (AvgIpc) is 3.46. The predicted octanol–water partition coefficient (Wildman–Crippen LogP) is 4.16. The highest BCUT2D eigenvalue weighted by Gasteiger charge is 2.23. The summed E-state index contributed by atoms with van der Waals surface area (Å²) in [7, 11) is 0. The summed E-state index contributed by atoms with van der Waals surface area (Å²) in [5.74, 6) is -0.131. The first kappa shape index (κ1) is 19.4. The first-order valence-electron chi connectivity index (χ1n) is 9.10. The summed E-state index contributed by atoms with van der Waals surface area (Å²) >= 11 is 0. The molecular weight excluding hydrogens is 356 g/mol. The molecule has 0 heterocycles. The van der Waals surface area contributed by atoms with Crippen LogP contribution in [0.4, 0.5) is 11.4 Å². The Balaban J connectivity index is 1.65. The van der Waals surface area contributed by atoms with Crippen molar-refractivity contribution < 1.29 is 19.1 Å². The number of ether oxygens (including phenoxy) is 1. The molecule has 1 aliphatic carbocycles. The lowest BCUT2D eigenvalue weighted by atomic mass is 10.2. The molecule has 0 unspecified atom stereocenters. The molecule has 2 aromatic carbocycles. The SMILES string of the molecule is CC(=O)Oc1cccc(C(=O)Nc2cccc(NC(=O)/C=C(\C)C3CC3)c2)c1. The van der Waals surface area contributed by atoms with Gasteiger partial charge in [-0.2, -0.15) is 0 Å². The van der Waals surface area contributed by atoms with Crippen LogP contribution in [0.25, 0.3) is 0 Å². The minimum Gasteiger partial charge on any atom is -0.427 e. The third kappa shape index (κ3) is 5.54. The zero-order chi connectivity index (χ0) is 20.1. The van der Waals surface area contributed by atoms with Crippen LogP contribution in [0.1, 0.15) is 37.0 Å². The van der Waals surface area contributed by atoms with Gasteiger partial charge < -0.3 is 15.4 Å². The number of anilines is 2. The Kier molecular flexibility index (Phi) is 5.89. The van der Waals surface area contributed by atoms with Gasteiger partial charge in [-0.15, -0.1) is 0 Å². The van der Waals surface area contributed by atoms with Crippen molar-refractivity contribution in [2.75, 3.05) is 10.6 Å². The van der Waals surface area contributed by atoms with Crippen LogP contribution < -0.4 is 15.4 Å². The molecule has 0 saturated heterocycles. The third-order valence-corrected chi connectivity index (χ3v) is 4.33. The summed E-state index contributed by atoms with van der Waals surface area (Å²) in [5.41, 5.74) is 2.59. The van der Waals surface area contributed by atoms with Crippen LogP contribution in [0, 0.1) is 5.92 Å². The van der Waals surface area contributed by atoms with Crippen molar-refractivity contribution in [3.05, 3.63) is 65.7 Å². The fourth-order valence-electron chi connectivity index (χ4n) is 2.79. The van der Waals surface area contributed by atoms with Crippen molar-refractivity contribution in [1.82, 2.24) is 0 Å². The Bertz CT molecular complexity index is 945. The number of esters is 1. The first-order chi connectivity index (χ1) is 13.4. The fourth-order valence-corrected chi connectivity index (χ4v) is 2.79. The van der Waals surface area contributed by atoms with Gasteiger partial charge in [0.25, 0.3) is 5.91 Å². The highest BCUT2D eigenvalue weighted by atomic mass is 16.5. The maximum Gasteiger partial charge on any atom is 0.308 e. The molecule has 0 atom stereocenters. The van der Waals surface area contributed by atoms with Crippen LogP contribution in [-0.4, -0.2) is 17.8 Å². The van der Waals surface area contributed by atoms with E-state index in [9.17, 15) is 14.4 Å². The Morgan fingerprint density at radius 3 is 2.32 bits per heavy atom. The Morgan fingerprint density at radius 2 is 1.64 bits per heavy atom. The van der Waals surface area contributed by atoms with Crippen LogP contribution >= 0.6 is 0 Å². The summed E-state index contributed by atoms with van der Waals surface area (Å²) in [6.07, 6.45) is 3.93. The zero-order valence-corrected chi connectivity index (χ0v) is 15.8. The van der Waals surface area contributed by atoms with Gasteiger partial charge in [-0.05, 0) is 62.1 Å². The molecule has 144 valence electrons. The van der Waals surface area contributed by atoms with E-state index in [1.54, 1.807) is 48.5 Å². The summed E-state index contributed by atoms with van der Waals surface area (Å²) < 4.78 is 5.00. The zero-order valence-electron chi connectivity index (χ0n) is 15.8. The quantitative estimate of drug-likeness (QED) is 0.449. The summed E-state index contributed by atoms with van der Waals surface area (Å²) in [4.78, 5) is 35.6. The second-order valence-corrected chi connectivity index (χ2v) is 6.81. The standard InChI is InChI=1S/C22H22N2O4/c1-14(16-9-10-16)11-21(26)23-18-6-4-7-19(13-18)24-22(27)17-5-3-8-20(12-17)28-15(2)25/h3-8,11-13,16H,9-10H2,1-2H3,(H,23,26)(H,24,27)/b14-11+. The van der Waals surface area contributed by atoms with E-state index in [2.05, 4.69) is 10.6 Å². The van der Waals surface area contributed by atoms with Gasteiger partial charge in [0.15, 0.2) is 0 Å².